The van der Waals surface area contributed by atoms with Gasteiger partial charge in [-0.3, -0.25) is 0 Å². The molecule has 0 spiro atoms. The van der Waals surface area contributed by atoms with Gasteiger partial charge in [0.25, 0.3) is 0 Å². The molecule has 0 amide bonds. The normalized spacial score (nSPS) is 10.8. The second-order valence-corrected chi connectivity index (χ2v) is 4.86. The van der Waals surface area contributed by atoms with Crippen molar-refractivity contribution < 1.29 is 5.11 Å². The summed E-state index contributed by atoms with van der Waals surface area (Å²) in [7, 11) is 0. The van der Waals surface area contributed by atoms with E-state index in [-0.39, 0.29) is 0 Å². The zero-order valence-electron chi connectivity index (χ0n) is 5.91. The van der Waals surface area contributed by atoms with Crippen LogP contribution in [0.25, 0.3) is 10.1 Å². The van der Waals surface area contributed by atoms with Crippen LogP contribution in [0.2, 0.25) is 0 Å². The summed E-state index contributed by atoms with van der Waals surface area (Å²) in [6.45, 7) is 0. The molecule has 62 valence electrons. The van der Waals surface area contributed by atoms with Crippen molar-refractivity contribution in [2.75, 3.05) is 0 Å². The highest BCUT2D eigenvalue weighted by atomic mass is 79.9. The Balaban J connectivity index is 2.88. The van der Waals surface area contributed by atoms with Gasteiger partial charge in [0.1, 0.15) is 0 Å². The zero-order valence-corrected chi connectivity index (χ0v) is 9.21. The molecule has 12 heavy (non-hydrogen) atoms. The molecule has 0 atom stereocenters. The molecule has 0 unspecified atom stereocenters. The van der Waals surface area contributed by atoms with Crippen LogP contribution in [0.4, 0.5) is 0 Å². The Morgan fingerprint density at radius 3 is 2.83 bits per heavy atom. The number of thiophene rings is 1. The maximum Gasteiger partial charge on any atom is 0.172 e. The number of aromatic hydroxyl groups is 1. The lowest BCUT2D eigenvalue weighted by molar-refractivity contribution is 0.491. The van der Waals surface area contributed by atoms with Crippen LogP contribution in [0.1, 0.15) is 0 Å². The lowest BCUT2D eigenvalue weighted by Gasteiger charge is -1.94. The van der Waals surface area contributed by atoms with E-state index in [0.29, 0.717) is 5.06 Å². The van der Waals surface area contributed by atoms with Crippen LogP contribution in [-0.4, -0.2) is 5.11 Å². The number of halogens is 1. The molecule has 1 nitrogen and oxygen atoms in total. The fraction of sp³-hybridized carbons (Fsp3) is 0. The Bertz CT molecular complexity index is 436. The van der Waals surface area contributed by atoms with Crippen molar-refractivity contribution in [1.82, 2.24) is 0 Å². The second kappa shape index (κ2) is 2.94. The van der Waals surface area contributed by atoms with Crippen LogP contribution >= 0.6 is 39.9 Å². The first-order chi connectivity index (χ1) is 5.66. The van der Waals surface area contributed by atoms with Crippen molar-refractivity contribution in [3.05, 3.63) is 22.7 Å². The van der Waals surface area contributed by atoms with Crippen LogP contribution in [0.15, 0.2) is 27.6 Å². The van der Waals surface area contributed by atoms with E-state index in [1.54, 1.807) is 6.07 Å². The Hall–Kier alpha value is -0.190. The molecule has 0 bridgehead atoms. The average molecular weight is 261 g/mol. The molecule has 0 radical (unpaired) electrons. The van der Waals surface area contributed by atoms with Crippen LogP contribution in [0.5, 0.6) is 5.06 Å². The predicted molar refractivity (Wildman–Crippen MR) is 58.4 cm³/mol. The molecule has 1 aromatic carbocycles. The van der Waals surface area contributed by atoms with Gasteiger partial charge in [0.15, 0.2) is 5.06 Å². The van der Waals surface area contributed by atoms with E-state index in [1.165, 1.54) is 11.3 Å². The zero-order chi connectivity index (χ0) is 8.72. The number of rotatable bonds is 0. The molecule has 0 aliphatic heterocycles. The van der Waals surface area contributed by atoms with Crippen LogP contribution in [0, 0.1) is 0 Å². The highest BCUT2D eigenvalue weighted by Crippen LogP contribution is 2.36. The average Bonchev–Trinajstić information content (AvgIpc) is 2.29. The minimum absolute atomic E-state index is 0.332. The van der Waals surface area contributed by atoms with Gasteiger partial charge < -0.3 is 5.11 Å². The third kappa shape index (κ3) is 1.34. The predicted octanol–water partition coefficient (Wildman–Crippen LogP) is 3.66. The summed E-state index contributed by atoms with van der Waals surface area (Å²) < 4.78 is 2.01. The SMILES string of the molecule is Oc1cc2cc(Br)cc(S)c2s1. The van der Waals surface area contributed by atoms with E-state index < -0.39 is 0 Å². The first-order valence-electron chi connectivity index (χ1n) is 3.28. The van der Waals surface area contributed by atoms with Gasteiger partial charge in [0.05, 0.1) is 4.70 Å². The number of hydrogen-bond acceptors (Lipinski definition) is 3. The van der Waals surface area contributed by atoms with E-state index in [1.807, 2.05) is 12.1 Å². The Labute approximate surface area is 87.6 Å². The molecule has 0 saturated carbocycles. The van der Waals surface area contributed by atoms with Gasteiger partial charge in [0.2, 0.25) is 0 Å². The highest BCUT2D eigenvalue weighted by molar-refractivity contribution is 9.10. The van der Waals surface area contributed by atoms with Crippen molar-refractivity contribution in [1.29, 1.82) is 0 Å². The summed E-state index contributed by atoms with van der Waals surface area (Å²) in [5, 5.41) is 10.6. The molecule has 1 aromatic heterocycles. The highest BCUT2D eigenvalue weighted by Gasteiger charge is 2.04. The summed E-state index contributed by atoms with van der Waals surface area (Å²) in [5.41, 5.74) is 0. The van der Waals surface area contributed by atoms with E-state index >= 15 is 0 Å². The van der Waals surface area contributed by atoms with Gasteiger partial charge in [-0.05, 0) is 23.6 Å². The molecule has 0 aliphatic rings. The van der Waals surface area contributed by atoms with Crippen molar-refractivity contribution in [2.24, 2.45) is 0 Å². The summed E-state index contributed by atoms with van der Waals surface area (Å²) in [5.74, 6) is 0. The molecule has 2 aromatic rings. The Morgan fingerprint density at radius 1 is 1.33 bits per heavy atom. The maximum absolute atomic E-state index is 9.24. The number of fused-ring (bicyclic) bond motifs is 1. The lowest BCUT2D eigenvalue weighted by atomic mass is 10.3. The first kappa shape index (κ1) is 8.41. The molecule has 1 N–H and O–H groups in total. The first-order valence-corrected chi connectivity index (χ1v) is 5.33. The maximum atomic E-state index is 9.24. The fourth-order valence-electron chi connectivity index (χ4n) is 1.09. The number of thiol groups is 1. The molecule has 0 fully saturated rings. The van der Waals surface area contributed by atoms with Crippen LogP contribution in [-0.2, 0) is 0 Å². The minimum atomic E-state index is 0.332. The smallest absolute Gasteiger partial charge is 0.172 e. The van der Waals surface area contributed by atoms with Gasteiger partial charge in [0, 0.05) is 9.37 Å². The molecule has 1 heterocycles. The minimum Gasteiger partial charge on any atom is -0.499 e. The lowest BCUT2D eigenvalue weighted by Crippen LogP contribution is -1.67. The molecule has 4 heteroatoms. The number of benzene rings is 1. The van der Waals surface area contributed by atoms with E-state index in [9.17, 15) is 5.11 Å². The molecular formula is C8H5BrOS2. The standard InChI is InChI=1S/C8H5BrOS2/c9-5-1-4-2-7(10)12-8(4)6(11)3-5/h1-3,10-11H. The Kier molecular flexibility index (Phi) is 2.06. The topological polar surface area (TPSA) is 20.2 Å². The molecular weight excluding hydrogens is 256 g/mol. The van der Waals surface area contributed by atoms with Gasteiger partial charge in [-0.25, -0.2) is 0 Å². The van der Waals surface area contributed by atoms with E-state index in [4.69, 9.17) is 0 Å². The van der Waals surface area contributed by atoms with Crippen molar-refractivity contribution in [3.63, 3.8) is 0 Å². The molecule has 0 aliphatic carbocycles. The number of hydrogen-bond donors (Lipinski definition) is 2. The monoisotopic (exact) mass is 260 g/mol. The molecule has 0 saturated heterocycles. The van der Waals surface area contributed by atoms with Crippen molar-refractivity contribution in [3.8, 4) is 5.06 Å². The largest absolute Gasteiger partial charge is 0.499 e. The quantitative estimate of drug-likeness (QED) is 0.693. The summed E-state index contributed by atoms with van der Waals surface area (Å²) >= 11 is 9.02. The second-order valence-electron chi connectivity index (χ2n) is 2.43. The van der Waals surface area contributed by atoms with E-state index in [2.05, 4.69) is 28.6 Å². The summed E-state index contributed by atoms with van der Waals surface area (Å²) in [6.07, 6.45) is 0. The Morgan fingerprint density at radius 2 is 2.08 bits per heavy atom. The summed E-state index contributed by atoms with van der Waals surface area (Å²) in [4.78, 5) is 0.893. The van der Waals surface area contributed by atoms with Crippen LogP contribution < -0.4 is 0 Å². The van der Waals surface area contributed by atoms with Crippen molar-refractivity contribution in [2.45, 2.75) is 4.90 Å². The van der Waals surface area contributed by atoms with E-state index in [0.717, 1.165) is 19.5 Å². The third-order valence-corrected chi connectivity index (χ3v) is 3.50. The fourth-order valence-corrected chi connectivity index (χ4v) is 2.94. The van der Waals surface area contributed by atoms with Gasteiger partial charge in [-0.2, -0.15) is 0 Å². The van der Waals surface area contributed by atoms with Gasteiger partial charge in [-0.1, -0.05) is 27.3 Å². The van der Waals surface area contributed by atoms with Crippen molar-refractivity contribution >= 4 is 50.0 Å². The van der Waals surface area contributed by atoms with Gasteiger partial charge in [-0.15, -0.1) is 12.6 Å². The van der Waals surface area contributed by atoms with Crippen LogP contribution in [0.3, 0.4) is 0 Å². The summed E-state index contributed by atoms with van der Waals surface area (Å²) in [6, 6.07) is 5.62. The third-order valence-electron chi connectivity index (χ3n) is 1.55. The molecule has 2 rings (SSSR count). The van der Waals surface area contributed by atoms with Gasteiger partial charge >= 0.3 is 0 Å².